The first-order chi connectivity index (χ1) is 8.41. The van der Waals surface area contributed by atoms with Gasteiger partial charge in [-0.1, -0.05) is 24.8 Å². The van der Waals surface area contributed by atoms with Crippen molar-refractivity contribution in [2.24, 2.45) is 0 Å². The standard InChI is InChI=1S/C6H6O3S.C5H9NO2/c7-10(8,9)6-4-2-1-3-5-6;1-2-5(8)6-3-4-7/h1-5H,(H,7,8,9);2,7H,1,3-4H2,(H,6,8). The molecule has 0 fully saturated rings. The highest BCUT2D eigenvalue weighted by Crippen LogP contribution is 2.05. The van der Waals surface area contributed by atoms with Crippen LogP contribution >= 0.6 is 0 Å². The van der Waals surface area contributed by atoms with Crippen LogP contribution in [-0.4, -0.2) is 37.1 Å². The molecule has 0 heterocycles. The van der Waals surface area contributed by atoms with Crippen LogP contribution < -0.4 is 5.32 Å². The van der Waals surface area contributed by atoms with Gasteiger partial charge in [-0.05, 0) is 18.2 Å². The molecule has 7 heteroatoms. The zero-order chi connectivity index (χ0) is 14.0. The van der Waals surface area contributed by atoms with Gasteiger partial charge in [0.15, 0.2) is 0 Å². The number of rotatable bonds is 4. The number of benzene rings is 1. The number of aliphatic hydroxyl groups excluding tert-OH is 1. The van der Waals surface area contributed by atoms with E-state index in [1.54, 1.807) is 18.2 Å². The van der Waals surface area contributed by atoms with Crippen LogP contribution in [0.4, 0.5) is 0 Å². The van der Waals surface area contributed by atoms with Gasteiger partial charge in [0, 0.05) is 6.54 Å². The van der Waals surface area contributed by atoms with Crippen LogP contribution in [0.25, 0.3) is 0 Å². The average Bonchev–Trinajstić information content (AvgIpc) is 2.36. The maximum Gasteiger partial charge on any atom is 0.294 e. The third-order valence-corrected chi connectivity index (χ3v) is 2.51. The van der Waals surface area contributed by atoms with Gasteiger partial charge in [-0.25, -0.2) is 0 Å². The summed E-state index contributed by atoms with van der Waals surface area (Å²) < 4.78 is 29.2. The van der Waals surface area contributed by atoms with Crippen LogP contribution in [-0.2, 0) is 14.9 Å². The van der Waals surface area contributed by atoms with Gasteiger partial charge >= 0.3 is 0 Å². The normalized spacial score (nSPS) is 9.89. The lowest BCUT2D eigenvalue weighted by atomic mass is 10.4. The van der Waals surface area contributed by atoms with Crippen LogP contribution in [0.1, 0.15) is 0 Å². The molecule has 0 aliphatic carbocycles. The minimum Gasteiger partial charge on any atom is -0.395 e. The Morgan fingerprint density at radius 2 is 1.89 bits per heavy atom. The van der Waals surface area contributed by atoms with E-state index in [1.165, 1.54) is 12.1 Å². The number of carbonyl (C=O) groups excluding carboxylic acids is 1. The second-order valence-electron chi connectivity index (χ2n) is 3.01. The van der Waals surface area contributed by atoms with Crippen molar-refractivity contribution in [3.63, 3.8) is 0 Å². The first kappa shape index (κ1) is 16.3. The largest absolute Gasteiger partial charge is 0.395 e. The number of nitrogens with one attached hydrogen (secondary N) is 1. The summed E-state index contributed by atoms with van der Waals surface area (Å²) in [6.45, 7) is 3.49. The predicted molar refractivity (Wildman–Crippen MR) is 66.5 cm³/mol. The lowest BCUT2D eigenvalue weighted by molar-refractivity contribution is -0.116. The van der Waals surface area contributed by atoms with E-state index in [2.05, 4.69) is 11.9 Å². The van der Waals surface area contributed by atoms with Gasteiger partial charge < -0.3 is 10.4 Å². The molecule has 0 saturated heterocycles. The molecule has 1 aromatic rings. The highest BCUT2D eigenvalue weighted by atomic mass is 32.2. The summed E-state index contributed by atoms with van der Waals surface area (Å²) in [7, 11) is -4.00. The van der Waals surface area contributed by atoms with E-state index < -0.39 is 10.1 Å². The minimum absolute atomic E-state index is 0.0282. The third-order valence-electron chi connectivity index (χ3n) is 1.64. The SMILES string of the molecule is C=CC(=O)NCCO.O=S(=O)(O)c1ccccc1. The Kier molecular flexibility index (Phi) is 7.61. The Morgan fingerprint density at radius 1 is 1.33 bits per heavy atom. The van der Waals surface area contributed by atoms with E-state index in [-0.39, 0.29) is 17.4 Å². The molecule has 0 aromatic heterocycles. The van der Waals surface area contributed by atoms with Crippen LogP contribution in [0.5, 0.6) is 0 Å². The fourth-order valence-corrected chi connectivity index (χ4v) is 1.34. The molecule has 0 saturated carbocycles. The molecule has 100 valence electrons. The Hall–Kier alpha value is -1.70. The Balaban J connectivity index is 0.000000331. The second kappa shape index (κ2) is 8.40. The third kappa shape index (κ3) is 7.55. The molecule has 1 amide bonds. The van der Waals surface area contributed by atoms with E-state index in [1.807, 2.05) is 0 Å². The van der Waals surface area contributed by atoms with Gasteiger partial charge in [0.05, 0.1) is 11.5 Å². The summed E-state index contributed by atoms with van der Waals surface area (Å²) in [4.78, 5) is 10.2. The van der Waals surface area contributed by atoms with Crippen LogP contribution in [0.2, 0.25) is 0 Å². The molecule has 0 aliphatic heterocycles. The van der Waals surface area contributed by atoms with Crippen molar-refractivity contribution in [1.29, 1.82) is 0 Å². The van der Waals surface area contributed by atoms with Crippen molar-refractivity contribution in [3.8, 4) is 0 Å². The number of amides is 1. The number of carbonyl (C=O) groups is 1. The molecule has 0 unspecified atom stereocenters. The molecular formula is C11H15NO5S. The van der Waals surface area contributed by atoms with Gasteiger partial charge in [-0.3, -0.25) is 9.35 Å². The molecule has 1 rings (SSSR count). The van der Waals surface area contributed by atoms with E-state index >= 15 is 0 Å². The van der Waals surface area contributed by atoms with Crippen molar-refractivity contribution < 1.29 is 22.9 Å². The number of hydrogen-bond donors (Lipinski definition) is 3. The molecule has 6 nitrogen and oxygen atoms in total. The maximum absolute atomic E-state index is 10.4. The Bertz CT molecular complexity index is 469. The monoisotopic (exact) mass is 273 g/mol. The quantitative estimate of drug-likeness (QED) is 0.537. The van der Waals surface area contributed by atoms with Gasteiger partial charge in [0.1, 0.15) is 0 Å². The van der Waals surface area contributed by atoms with Crippen molar-refractivity contribution in [1.82, 2.24) is 5.32 Å². The molecule has 1 aromatic carbocycles. The van der Waals surface area contributed by atoms with Gasteiger partial charge in [0.2, 0.25) is 5.91 Å². The molecule has 0 aliphatic rings. The van der Waals surface area contributed by atoms with Gasteiger partial charge in [0.25, 0.3) is 10.1 Å². The molecule has 0 bridgehead atoms. The van der Waals surface area contributed by atoms with Crippen LogP contribution in [0, 0.1) is 0 Å². The molecule has 0 atom stereocenters. The van der Waals surface area contributed by atoms with E-state index in [4.69, 9.17) is 9.66 Å². The summed E-state index contributed by atoms with van der Waals surface area (Å²) in [5, 5.41) is 10.5. The zero-order valence-electron chi connectivity index (χ0n) is 9.61. The maximum atomic E-state index is 10.4. The van der Waals surface area contributed by atoms with E-state index in [0.29, 0.717) is 6.54 Å². The summed E-state index contributed by atoms with van der Waals surface area (Å²) >= 11 is 0. The number of aliphatic hydroxyl groups is 1. The highest BCUT2D eigenvalue weighted by molar-refractivity contribution is 7.85. The molecule has 0 radical (unpaired) electrons. The van der Waals surface area contributed by atoms with Gasteiger partial charge in [-0.15, -0.1) is 0 Å². The first-order valence-corrected chi connectivity index (χ1v) is 6.39. The highest BCUT2D eigenvalue weighted by Gasteiger charge is 2.05. The first-order valence-electron chi connectivity index (χ1n) is 4.95. The molecule has 0 spiro atoms. The summed E-state index contributed by atoms with van der Waals surface area (Å²) in [5.74, 6) is -0.251. The van der Waals surface area contributed by atoms with Crippen molar-refractivity contribution in [3.05, 3.63) is 43.0 Å². The number of hydrogen-bond acceptors (Lipinski definition) is 4. The Morgan fingerprint density at radius 3 is 2.22 bits per heavy atom. The van der Waals surface area contributed by atoms with E-state index in [9.17, 15) is 13.2 Å². The van der Waals surface area contributed by atoms with Gasteiger partial charge in [-0.2, -0.15) is 8.42 Å². The van der Waals surface area contributed by atoms with Crippen molar-refractivity contribution >= 4 is 16.0 Å². The molecular weight excluding hydrogens is 258 g/mol. The summed E-state index contributed by atoms with van der Waals surface area (Å²) in [5.41, 5.74) is 0. The van der Waals surface area contributed by atoms with E-state index in [0.717, 1.165) is 6.08 Å². The van der Waals surface area contributed by atoms with Crippen LogP contribution in [0.3, 0.4) is 0 Å². The average molecular weight is 273 g/mol. The van der Waals surface area contributed by atoms with Crippen LogP contribution in [0.15, 0.2) is 47.9 Å². The van der Waals surface area contributed by atoms with Crippen molar-refractivity contribution in [2.45, 2.75) is 4.90 Å². The smallest absolute Gasteiger partial charge is 0.294 e. The topological polar surface area (TPSA) is 104 Å². The minimum atomic E-state index is -4.00. The molecule has 3 N–H and O–H groups in total. The van der Waals surface area contributed by atoms with Crippen molar-refractivity contribution in [2.75, 3.05) is 13.2 Å². The fraction of sp³-hybridized carbons (Fsp3) is 0.182. The Labute approximate surface area is 106 Å². The fourth-order valence-electron chi connectivity index (χ4n) is 0.844. The predicted octanol–water partition coefficient (Wildman–Crippen LogP) is 0.214. The second-order valence-corrected chi connectivity index (χ2v) is 4.43. The summed E-state index contributed by atoms with van der Waals surface area (Å²) in [6.07, 6.45) is 1.16. The summed E-state index contributed by atoms with van der Waals surface area (Å²) in [6, 6.07) is 7.42. The lowest BCUT2D eigenvalue weighted by Gasteiger charge is -1.94. The molecule has 18 heavy (non-hydrogen) atoms. The zero-order valence-corrected chi connectivity index (χ0v) is 10.4. The lowest BCUT2D eigenvalue weighted by Crippen LogP contribution is -2.23.